The monoisotopic (exact) mass is 194 g/mol. The lowest BCUT2D eigenvalue weighted by molar-refractivity contribution is -0.140. The van der Waals surface area contributed by atoms with Crippen molar-refractivity contribution in [1.82, 2.24) is 0 Å². The molecule has 0 N–H and O–H groups in total. The molecule has 66 valence electrons. The van der Waals surface area contributed by atoms with Crippen molar-refractivity contribution in [3.05, 3.63) is 21.9 Å². The number of nitrogens with zero attached hydrogens (tertiary/aromatic N) is 2. The first-order valence-corrected chi connectivity index (χ1v) is 4.30. The van der Waals surface area contributed by atoms with E-state index in [1.54, 1.807) is 11.4 Å². The molecule has 13 heavy (non-hydrogen) atoms. The van der Waals surface area contributed by atoms with Gasteiger partial charge in [0.1, 0.15) is 6.07 Å². The number of carbonyl (C=O) groups is 1. The molecular weight excluding hydrogens is 188 g/mol. The molecule has 0 fully saturated rings. The van der Waals surface area contributed by atoms with Crippen LogP contribution in [-0.4, -0.2) is 12.2 Å². The Hall–Kier alpha value is -1.67. The van der Waals surface area contributed by atoms with Crippen LogP contribution in [0.25, 0.3) is 0 Å². The molecule has 0 aliphatic heterocycles. The highest BCUT2D eigenvalue weighted by molar-refractivity contribution is 7.11. The van der Waals surface area contributed by atoms with E-state index in [-0.39, 0.29) is 0 Å². The molecule has 1 heterocycles. The molecule has 5 heteroatoms. The number of thiophene rings is 1. The molecule has 0 saturated carbocycles. The average Bonchev–Trinajstić information content (AvgIpc) is 2.52. The third-order valence-electron chi connectivity index (χ3n) is 1.11. The van der Waals surface area contributed by atoms with Crippen molar-refractivity contribution in [1.29, 1.82) is 5.26 Å². The summed E-state index contributed by atoms with van der Waals surface area (Å²) >= 11 is 1.36. The van der Waals surface area contributed by atoms with Gasteiger partial charge in [-0.1, -0.05) is 5.16 Å². The summed E-state index contributed by atoms with van der Waals surface area (Å²) in [5, 5.41) is 13.6. The van der Waals surface area contributed by atoms with Gasteiger partial charge < -0.3 is 4.84 Å². The maximum absolute atomic E-state index is 10.3. The maximum atomic E-state index is 10.3. The lowest BCUT2D eigenvalue weighted by Crippen LogP contribution is -1.90. The summed E-state index contributed by atoms with van der Waals surface area (Å²) in [6, 6.07) is 3.65. The second kappa shape index (κ2) is 4.38. The average molecular weight is 194 g/mol. The molecule has 1 aromatic rings. The third kappa shape index (κ3) is 3.05. The van der Waals surface area contributed by atoms with Gasteiger partial charge in [0.05, 0.1) is 16.7 Å². The molecule has 0 spiro atoms. The van der Waals surface area contributed by atoms with E-state index in [2.05, 4.69) is 9.99 Å². The lowest BCUT2D eigenvalue weighted by Gasteiger charge is -1.86. The van der Waals surface area contributed by atoms with Crippen LogP contribution in [0.3, 0.4) is 0 Å². The molecule has 0 amide bonds. The Labute approximate surface area is 79.0 Å². The molecular formula is C8H6N2O2S. The topological polar surface area (TPSA) is 62.4 Å². The zero-order valence-corrected chi connectivity index (χ0v) is 7.67. The number of nitriles is 1. The van der Waals surface area contributed by atoms with Crippen LogP contribution in [-0.2, 0) is 9.63 Å². The molecule has 0 unspecified atom stereocenters. The smallest absolute Gasteiger partial charge is 0.319 e. The Morgan fingerprint density at radius 3 is 3.15 bits per heavy atom. The number of hydrogen-bond acceptors (Lipinski definition) is 5. The van der Waals surface area contributed by atoms with E-state index in [9.17, 15) is 4.79 Å². The van der Waals surface area contributed by atoms with Crippen LogP contribution < -0.4 is 0 Å². The standard InChI is InChI=1S/C8H6N2O2S/c1-6(11)12-10-4-8-2-7(3-9)5-13-8/h2,4-5H,1H3/b10-4+. The SMILES string of the molecule is CC(=O)O/N=C/c1cc(C#N)cs1. The summed E-state index contributed by atoms with van der Waals surface area (Å²) < 4.78 is 0. The summed E-state index contributed by atoms with van der Waals surface area (Å²) in [5.74, 6) is -0.465. The van der Waals surface area contributed by atoms with Crippen molar-refractivity contribution < 1.29 is 9.63 Å². The first kappa shape index (κ1) is 9.42. The second-order valence-corrected chi connectivity index (χ2v) is 3.11. The molecule has 1 aromatic heterocycles. The molecule has 0 aliphatic rings. The minimum atomic E-state index is -0.465. The Bertz CT molecular complexity index is 376. The van der Waals surface area contributed by atoms with Gasteiger partial charge in [-0.15, -0.1) is 11.3 Å². The highest BCUT2D eigenvalue weighted by Crippen LogP contribution is 2.11. The highest BCUT2D eigenvalue weighted by atomic mass is 32.1. The largest absolute Gasteiger partial charge is 0.331 e. The van der Waals surface area contributed by atoms with E-state index in [4.69, 9.17) is 5.26 Å². The highest BCUT2D eigenvalue weighted by Gasteiger charge is 1.95. The van der Waals surface area contributed by atoms with Crippen molar-refractivity contribution >= 4 is 23.5 Å². The molecule has 0 bridgehead atoms. The molecule has 0 radical (unpaired) electrons. The van der Waals surface area contributed by atoms with Crippen LogP contribution in [0.2, 0.25) is 0 Å². The number of rotatable bonds is 2. The van der Waals surface area contributed by atoms with E-state index in [0.29, 0.717) is 5.56 Å². The van der Waals surface area contributed by atoms with Gasteiger partial charge in [-0.25, -0.2) is 4.79 Å². The van der Waals surface area contributed by atoms with E-state index in [1.807, 2.05) is 6.07 Å². The van der Waals surface area contributed by atoms with Gasteiger partial charge in [0.2, 0.25) is 0 Å². The van der Waals surface area contributed by atoms with E-state index >= 15 is 0 Å². The van der Waals surface area contributed by atoms with Crippen molar-refractivity contribution in [2.75, 3.05) is 0 Å². The summed E-state index contributed by atoms with van der Waals surface area (Å²) in [7, 11) is 0. The Balaban J connectivity index is 2.60. The van der Waals surface area contributed by atoms with Gasteiger partial charge in [-0.3, -0.25) is 0 Å². The van der Waals surface area contributed by atoms with Crippen LogP contribution in [0.15, 0.2) is 16.6 Å². The summed E-state index contributed by atoms with van der Waals surface area (Å²) in [5.41, 5.74) is 0.578. The Kier molecular flexibility index (Phi) is 3.17. The van der Waals surface area contributed by atoms with Crippen molar-refractivity contribution in [3.8, 4) is 6.07 Å². The van der Waals surface area contributed by atoms with Crippen molar-refractivity contribution in [3.63, 3.8) is 0 Å². The number of carbonyl (C=O) groups excluding carboxylic acids is 1. The molecule has 0 aliphatic carbocycles. The van der Waals surface area contributed by atoms with Gasteiger partial charge in [0, 0.05) is 12.3 Å². The number of hydrogen-bond donors (Lipinski definition) is 0. The lowest BCUT2D eigenvalue weighted by atomic mass is 10.3. The van der Waals surface area contributed by atoms with Crippen molar-refractivity contribution in [2.45, 2.75) is 6.92 Å². The Morgan fingerprint density at radius 1 is 1.85 bits per heavy atom. The quantitative estimate of drug-likeness (QED) is 0.407. The van der Waals surface area contributed by atoms with Gasteiger partial charge in [-0.05, 0) is 6.07 Å². The zero-order valence-electron chi connectivity index (χ0n) is 6.85. The van der Waals surface area contributed by atoms with Gasteiger partial charge in [0.15, 0.2) is 0 Å². The normalized spacial score (nSPS) is 9.85. The van der Waals surface area contributed by atoms with Gasteiger partial charge in [-0.2, -0.15) is 5.26 Å². The van der Waals surface area contributed by atoms with Crippen LogP contribution in [0.4, 0.5) is 0 Å². The van der Waals surface area contributed by atoms with Crippen molar-refractivity contribution in [2.24, 2.45) is 5.16 Å². The number of oxime groups is 1. The molecule has 0 aromatic carbocycles. The van der Waals surface area contributed by atoms with Gasteiger partial charge in [0.25, 0.3) is 0 Å². The summed E-state index contributed by atoms with van der Waals surface area (Å²) in [4.78, 5) is 15.4. The van der Waals surface area contributed by atoms with E-state index < -0.39 is 5.97 Å². The fourth-order valence-corrected chi connectivity index (χ4v) is 1.31. The van der Waals surface area contributed by atoms with Crippen LogP contribution >= 0.6 is 11.3 Å². The Morgan fingerprint density at radius 2 is 2.62 bits per heavy atom. The first-order valence-electron chi connectivity index (χ1n) is 3.42. The minimum Gasteiger partial charge on any atom is -0.319 e. The van der Waals surface area contributed by atoms with Crippen LogP contribution in [0, 0.1) is 11.3 Å². The minimum absolute atomic E-state index is 0.465. The van der Waals surface area contributed by atoms with Crippen LogP contribution in [0.1, 0.15) is 17.4 Å². The van der Waals surface area contributed by atoms with Crippen LogP contribution in [0.5, 0.6) is 0 Å². The zero-order chi connectivity index (χ0) is 9.68. The molecule has 4 nitrogen and oxygen atoms in total. The first-order chi connectivity index (χ1) is 6.22. The summed E-state index contributed by atoms with van der Waals surface area (Å²) in [6.45, 7) is 1.27. The fourth-order valence-electron chi connectivity index (χ4n) is 0.632. The third-order valence-corrected chi connectivity index (χ3v) is 1.98. The molecule has 0 saturated heterocycles. The maximum Gasteiger partial charge on any atom is 0.331 e. The predicted octanol–water partition coefficient (Wildman–Crippen LogP) is 1.52. The van der Waals surface area contributed by atoms with Gasteiger partial charge >= 0.3 is 5.97 Å². The molecule has 0 atom stereocenters. The van der Waals surface area contributed by atoms with E-state index in [0.717, 1.165) is 4.88 Å². The van der Waals surface area contributed by atoms with E-state index in [1.165, 1.54) is 24.5 Å². The predicted molar refractivity (Wildman–Crippen MR) is 48.4 cm³/mol. The molecule has 1 rings (SSSR count). The summed E-state index contributed by atoms with van der Waals surface area (Å²) in [6.07, 6.45) is 1.40. The fraction of sp³-hybridized carbons (Fsp3) is 0.125. The second-order valence-electron chi connectivity index (χ2n) is 2.17.